The number of hydrogen-bond donors (Lipinski definition) is 0. The van der Waals surface area contributed by atoms with Crippen LogP contribution in [0.4, 0.5) is 0 Å². The lowest BCUT2D eigenvalue weighted by atomic mass is 10.1. The van der Waals surface area contributed by atoms with E-state index in [1.807, 2.05) is 32.0 Å². The Hall–Kier alpha value is -2.95. The molecule has 116 valence electrons. The van der Waals surface area contributed by atoms with E-state index in [0.29, 0.717) is 5.52 Å². The summed E-state index contributed by atoms with van der Waals surface area (Å²) in [6.07, 6.45) is 0. The predicted molar refractivity (Wildman–Crippen MR) is 86.5 cm³/mol. The van der Waals surface area contributed by atoms with Crippen molar-refractivity contribution in [1.82, 2.24) is 4.98 Å². The third-order valence-corrected chi connectivity index (χ3v) is 3.61. The van der Waals surface area contributed by atoms with Crippen molar-refractivity contribution in [3.05, 3.63) is 57.9 Å². The highest BCUT2D eigenvalue weighted by Gasteiger charge is 2.11. The van der Waals surface area contributed by atoms with Crippen molar-refractivity contribution in [2.24, 2.45) is 0 Å². The van der Waals surface area contributed by atoms with Gasteiger partial charge in [0.25, 0.3) is 0 Å². The van der Waals surface area contributed by atoms with Crippen LogP contribution in [0.25, 0.3) is 22.4 Å². The second-order valence-electron chi connectivity index (χ2n) is 5.38. The molecule has 23 heavy (non-hydrogen) atoms. The Kier molecular flexibility index (Phi) is 3.70. The van der Waals surface area contributed by atoms with Gasteiger partial charge in [-0.25, -0.2) is 9.78 Å². The largest absolute Gasteiger partial charge is 0.427 e. The number of carbonyl (C=O) groups excluding carboxylic acids is 1. The first-order valence-electron chi connectivity index (χ1n) is 7.15. The molecule has 5 nitrogen and oxygen atoms in total. The molecule has 3 aromatic rings. The lowest BCUT2D eigenvalue weighted by molar-refractivity contribution is -0.131. The van der Waals surface area contributed by atoms with Crippen LogP contribution < -0.4 is 10.4 Å². The van der Waals surface area contributed by atoms with Crippen LogP contribution in [-0.2, 0) is 4.79 Å². The number of esters is 1. The number of hydrogen-bond acceptors (Lipinski definition) is 5. The van der Waals surface area contributed by atoms with Crippen LogP contribution in [0.5, 0.6) is 5.75 Å². The van der Waals surface area contributed by atoms with Crippen molar-refractivity contribution >= 4 is 16.9 Å². The van der Waals surface area contributed by atoms with Gasteiger partial charge in [0, 0.05) is 12.5 Å². The summed E-state index contributed by atoms with van der Waals surface area (Å²) in [5.41, 5.74) is 2.97. The van der Waals surface area contributed by atoms with Gasteiger partial charge in [-0.3, -0.25) is 4.79 Å². The minimum Gasteiger partial charge on any atom is -0.427 e. The highest BCUT2D eigenvalue weighted by atomic mass is 16.5. The summed E-state index contributed by atoms with van der Waals surface area (Å²) in [6.45, 7) is 5.30. The number of aryl methyl sites for hydroxylation is 2. The molecule has 0 saturated heterocycles. The summed E-state index contributed by atoms with van der Waals surface area (Å²) in [6, 6.07) is 10.4. The molecule has 0 N–H and O–H groups in total. The molecule has 0 saturated carbocycles. The van der Waals surface area contributed by atoms with Gasteiger partial charge in [-0.1, -0.05) is 6.07 Å². The molecule has 0 bridgehead atoms. The quantitative estimate of drug-likeness (QED) is 0.536. The van der Waals surface area contributed by atoms with Crippen LogP contribution >= 0.6 is 0 Å². The SMILES string of the molecule is CC(=O)Oc1ccc2nc(-c3ccc(C)c(C)c3)oc(=O)c2c1. The number of rotatable bonds is 2. The van der Waals surface area contributed by atoms with Gasteiger partial charge in [-0.15, -0.1) is 0 Å². The van der Waals surface area contributed by atoms with E-state index in [4.69, 9.17) is 9.15 Å². The van der Waals surface area contributed by atoms with Crippen LogP contribution in [0.3, 0.4) is 0 Å². The van der Waals surface area contributed by atoms with Gasteiger partial charge >= 0.3 is 11.6 Å². The zero-order chi connectivity index (χ0) is 16.6. The summed E-state index contributed by atoms with van der Waals surface area (Å²) < 4.78 is 10.3. The van der Waals surface area contributed by atoms with Gasteiger partial charge < -0.3 is 9.15 Å². The molecule has 0 aliphatic heterocycles. The molecule has 0 aliphatic rings. The highest BCUT2D eigenvalue weighted by Crippen LogP contribution is 2.23. The van der Waals surface area contributed by atoms with Crippen molar-refractivity contribution in [2.75, 3.05) is 0 Å². The van der Waals surface area contributed by atoms with Crippen LogP contribution in [0.1, 0.15) is 18.1 Å². The predicted octanol–water partition coefficient (Wildman–Crippen LogP) is 3.40. The van der Waals surface area contributed by atoms with Crippen molar-refractivity contribution in [2.45, 2.75) is 20.8 Å². The molecule has 0 fully saturated rings. The zero-order valence-electron chi connectivity index (χ0n) is 13.0. The van der Waals surface area contributed by atoms with Gasteiger partial charge in [0.1, 0.15) is 5.75 Å². The maximum atomic E-state index is 12.2. The van der Waals surface area contributed by atoms with E-state index in [2.05, 4.69) is 4.98 Å². The topological polar surface area (TPSA) is 69.4 Å². The lowest BCUT2D eigenvalue weighted by Crippen LogP contribution is -2.05. The van der Waals surface area contributed by atoms with E-state index in [9.17, 15) is 9.59 Å². The second-order valence-corrected chi connectivity index (χ2v) is 5.38. The molecule has 2 aromatic carbocycles. The zero-order valence-corrected chi connectivity index (χ0v) is 13.0. The number of benzene rings is 2. The summed E-state index contributed by atoms with van der Waals surface area (Å²) in [7, 11) is 0. The normalized spacial score (nSPS) is 10.7. The highest BCUT2D eigenvalue weighted by molar-refractivity contribution is 5.81. The van der Waals surface area contributed by atoms with Crippen LogP contribution in [0.15, 0.2) is 45.6 Å². The molecule has 3 rings (SSSR count). The number of fused-ring (bicyclic) bond motifs is 1. The van der Waals surface area contributed by atoms with Crippen LogP contribution in [0.2, 0.25) is 0 Å². The lowest BCUT2D eigenvalue weighted by Gasteiger charge is -2.06. The standard InChI is InChI=1S/C18H15NO4/c1-10-4-5-13(8-11(10)2)17-19-16-7-6-14(22-12(3)20)9-15(16)18(21)23-17/h4-9H,1-3H3. The summed E-state index contributed by atoms with van der Waals surface area (Å²) >= 11 is 0. The molecular weight excluding hydrogens is 294 g/mol. The summed E-state index contributed by atoms with van der Waals surface area (Å²) in [5.74, 6) is 0.109. The Morgan fingerprint density at radius 3 is 2.57 bits per heavy atom. The molecule has 1 heterocycles. The third-order valence-electron chi connectivity index (χ3n) is 3.61. The Morgan fingerprint density at radius 1 is 1.09 bits per heavy atom. The first kappa shape index (κ1) is 15.0. The Bertz CT molecular complexity index is 972. The monoisotopic (exact) mass is 309 g/mol. The van der Waals surface area contributed by atoms with E-state index >= 15 is 0 Å². The minimum atomic E-state index is -0.516. The average Bonchev–Trinajstić information content (AvgIpc) is 2.50. The Morgan fingerprint density at radius 2 is 1.87 bits per heavy atom. The van der Waals surface area contributed by atoms with Crippen molar-refractivity contribution in [3.63, 3.8) is 0 Å². The molecule has 1 aromatic heterocycles. The van der Waals surface area contributed by atoms with E-state index in [1.54, 1.807) is 12.1 Å². The number of carbonyl (C=O) groups is 1. The fraction of sp³-hybridized carbons (Fsp3) is 0.167. The smallest absolute Gasteiger partial charge is 0.347 e. The second kappa shape index (κ2) is 5.68. The van der Waals surface area contributed by atoms with E-state index in [0.717, 1.165) is 16.7 Å². The molecule has 0 radical (unpaired) electrons. The van der Waals surface area contributed by atoms with Gasteiger partial charge in [0.15, 0.2) is 0 Å². The molecule has 0 amide bonds. The molecule has 0 aliphatic carbocycles. The number of aromatic nitrogens is 1. The first-order chi connectivity index (χ1) is 10.9. The van der Waals surface area contributed by atoms with Crippen molar-refractivity contribution in [1.29, 1.82) is 0 Å². The molecular formula is C18H15NO4. The van der Waals surface area contributed by atoms with Gasteiger partial charge in [-0.2, -0.15) is 0 Å². The van der Waals surface area contributed by atoms with Crippen molar-refractivity contribution in [3.8, 4) is 17.2 Å². The van der Waals surface area contributed by atoms with Gasteiger partial charge in [0.2, 0.25) is 5.89 Å². The Balaban J connectivity index is 2.12. The minimum absolute atomic E-state index is 0.269. The van der Waals surface area contributed by atoms with Gasteiger partial charge in [-0.05, 0) is 55.3 Å². The maximum Gasteiger partial charge on any atom is 0.347 e. The fourth-order valence-electron chi connectivity index (χ4n) is 2.28. The van der Waals surface area contributed by atoms with E-state index in [-0.39, 0.29) is 17.0 Å². The third kappa shape index (κ3) is 2.99. The van der Waals surface area contributed by atoms with Crippen LogP contribution in [0, 0.1) is 13.8 Å². The first-order valence-corrected chi connectivity index (χ1v) is 7.15. The number of ether oxygens (including phenoxy) is 1. The van der Waals surface area contributed by atoms with E-state index in [1.165, 1.54) is 13.0 Å². The number of nitrogens with zero attached hydrogens (tertiary/aromatic N) is 1. The van der Waals surface area contributed by atoms with Crippen LogP contribution in [-0.4, -0.2) is 11.0 Å². The fourth-order valence-corrected chi connectivity index (χ4v) is 2.28. The van der Waals surface area contributed by atoms with Gasteiger partial charge in [0.05, 0.1) is 10.9 Å². The van der Waals surface area contributed by atoms with Crippen molar-refractivity contribution < 1.29 is 13.9 Å². The summed E-state index contributed by atoms with van der Waals surface area (Å²) in [5, 5.41) is 0.274. The maximum absolute atomic E-state index is 12.2. The molecule has 5 heteroatoms. The summed E-state index contributed by atoms with van der Waals surface area (Å²) in [4.78, 5) is 27.6. The molecule has 0 spiro atoms. The average molecular weight is 309 g/mol. The Labute approximate surface area is 132 Å². The molecule has 0 unspecified atom stereocenters. The van der Waals surface area contributed by atoms with E-state index < -0.39 is 11.6 Å². The molecule has 0 atom stereocenters.